The van der Waals surface area contributed by atoms with E-state index < -0.39 is 64.4 Å². The first-order chi connectivity index (χ1) is 18.5. The first-order valence-electron chi connectivity index (χ1n) is 12.6. The number of nitrogens with zero attached hydrogens (tertiary/aromatic N) is 1. The van der Waals surface area contributed by atoms with Crippen LogP contribution < -0.4 is 5.73 Å². The number of thiophene rings is 1. The second kappa shape index (κ2) is 8.64. The summed E-state index contributed by atoms with van der Waals surface area (Å²) in [6, 6.07) is 11.9. The number of ketones is 4. The number of phenols is 1. The maximum Gasteiger partial charge on any atom is 0.235 e. The lowest BCUT2D eigenvalue weighted by Gasteiger charge is -2.52. The van der Waals surface area contributed by atoms with Gasteiger partial charge >= 0.3 is 0 Å². The molecule has 0 radical (unpaired) electrons. The fourth-order valence-electron chi connectivity index (χ4n) is 6.95. The SMILES string of the molecule is CN(C)[C@H]1C(=O)C(C(N)=O)C(=O)[C@]2(O)C(=O)C3C(=O)c4c(O)ccc(-c5cc6ccccc6s5)c4C[C@@H]3C[C@H]12. The van der Waals surface area contributed by atoms with Crippen molar-refractivity contribution in [2.75, 3.05) is 14.1 Å². The number of hydrogen-bond acceptors (Lipinski definition) is 9. The Kier molecular flexibility index (Phi) is 5.66. The second-order valence-corrected chi connectivity index (χ2v) is 12.0. The van der Waals surface area contributed by atoms with Crippen LogP contribution in [0.2, 0.25) is 0 Å². The van der Waals surface area contributed by atoms with E-state index in [1.807, 2.05) is 30.3 Å². The Morgan fingerprint density at radius 2 is 1.79 bits per heavy atom. The summed E-state index contributed by atoms with van der Waals surface area (Å²) < 4.78 is 1.06. The zero-order chi connectivity index (χ0) is 28.0. The molecule has 1 heterocycles. The molecular formula is C29H26N2O7S. The smallest absolute Gasteiger partial charge is 0.235 e. The van der Waals surface area contributed by atoms with Gasteiger partial charge in [0.05, 0.1) is 17.5 Å². The monoisotopic (exact) mass is 546 g/mol. The summed E-state index contributed by atoms with van der Waals surface area (Å²) in [5.41, 5.74) is 3.98. The molecule has 1 amide bonds. The highest BCUT2D eigenvalue weighted by molar-refractivity contribution is 7.22. The van der Waals surface area contributed by atoms with E-state index in [4.69, 9.17) is 5.73 Å². The Balaban J connectivity index is 1.49. The van der Waals surface area contributed by atoms with E-state index in [0.29, 0.717) is 5.56 Å². The molecule has 3 aliphatic carbocycles. The predicted molar refractivity (Wildman–Crippen MR) is 142 cm³/mol. The number of fused-ring (bicyclic) bond motifs is 4. The Morgan fingerprint density at radius 3 is 2.46 bits per heavy atom. The third-order valence-corrected chi connectivity index (χ3v) is 9.79. The van der Waals surface area contributed by atoms with Gasteiger partial charge in [-0.05, 0) is 73.6 Å². The van der Waals surface area contributed by atoms with Gasteiger partial charge in [-0.25, -0.2) is 0 Å². The third-order valence-electron chi connectivity index (χ3n) is 8.64. The second-order valence-electron chi connectivity index (χ2n) is 10.9. The summed E-state index contributed by atoms with van der Waals surface area (Å²) in [6.45, 7) is 0. The first kappa shape index (κ1) is 25.5. The third kappa shape index (κ3) is 3.41. The summed E-state index contributed by atoms with van der Waals surface area (Å²) >= 11 is 1.55. The van der Waals surface area contributed by atoms with E-state index in [1.165, 1.54) is 11.0 Å². The summed E-state index contributed by atoms with van der Waals surface area (Å²) in [4.78, 5) is 68.9. The minimum atomic E-state index is -2.73. The number of rotatable bonds is 3. The number of Topliss-reactive ketones (excluding diaryl/α,β-unsaturated/α-hetero) is 4. The molecule has 2 aromatic carbocycles. The van der Waals surface area contributed by atoms with E-state index in [0.717, 1.165) is 20.5 Å². The van der Waals surface area contributed by atoms with Crippen LogP contribution in [0.25, 0.3) is 20.5 Å². The molecule has 0 aliphatic heterocycles. The van der Waals surface area contributed by atoms with Crippen LogP contribution in [0.5, 0.6) is 5.75 Å². The standard InChI is InChI=1S/C29H26N2O7S/c1-31(2)23-16-10-13-9-15-14(19-11-12-5-3-4-6-18(12)39-19)7-8-17(32)21(15)24(33)20(13)26(35)29(16,38)27(36)22(25(23)34)28(30)37/h3-8,11,13,16,20,22-23,32,38H,9-10H2,1-2H3,(H2,30,37)/t13-,16-,20?,22?,23-,29-/m1/s1. The lowest BCUT2D eigenvalue weighted by molar-refractivity contribution is -0.181. The molecule has 1 aromatic heterocycles. The Hall–Kier alpha value is -3.73. The number of benzene rings is 2. The minimum Gasteiger partial charge on any atom is -0.507 e. The Labute approximate surface area is 227 Å². The molecule has 6 atom stereocenters. The van der Waals surface area contributed by atoms with Gasteiger partial charge in [0.1, 0.15) is 5.75 Å². The van der Waals surface area contributed by atoms with Crippen LogP contribution in [-0.4, -0.2) is 69.9 Å². The van der Waals surface area contributed by atoms with Crippen molar-refractivity contribution in [3.8, 4) is 16.2 Å². The van der Waals surface area contributed by atoms with Gasteiger partial charge in [0.25, 0.3) is 0 Å². The van der Waals surface area contributed by atoms with Crippen molar-refractivity contribution < 1.29 is 34.2 Å². The summed E-state index contributed by atoms with van der Waals surface area (Å²) in [5.74, 6) is -10.5. The van der Waals surface area contributed by atoms with Crippen LogP contribution in [0, 0.1) is 23.7 Å². The number of carbonyl (C=O) groups is 5. The van der Waals surface area contributed by atoms with Gasteiger partial charge in [0.15, 0.2) is 34.7 Å². The summed E-state index contributed by atoms with van der Waals surface area (Å²) in [6.07, 6.45) is 0.245. The molecule has 2 fully saturated rings. The zero-order valence-corrected chi connectivity index (χ0v) is 22.0. The fraction of sp³-hybridized carbons (Fsp3) is 0.345. The van der Waals surface area contributed by atoms with Gasteiger partial charge in [-0.15, -0.1) is 11.3 Å². The molecule has 0 saturated heterocycles. The van der Waals surface area contributed by atoms with Crippen molar-refractivity contribution in [1.29, 1.82) is 0 Å². The number of carbonyl (C=O) groups excluding carboxylic acids is 5. The van der Waals surface area contributed by atoms with Gasteiger partial charge in [-0.1, -0.05) is 18.2 Å². The lowest BCUT2D eigenvalue weighted by Crippen LogP contribution is -2.74. The van der Waals surface area contributed by atoms with Gasteiger partial charge < -0.3 is 15.9 Å². The van der Waals surface area contributed by atoms with Crippen LogP contribution in [0.1, 0.15) is 22.3 Å². The molecule has 3 aliphatic rings. The number of aromatic hydroxyl groups is 1. The average Bonchev–Trinajstić information content (AvgIpc) is 3.30. The van der Waals surface area contributed by atoms with E-state index in [-0.39, 0.29) is 24.2 Å². The molecule has 200 valence electrons. The number of aliphatic hydroxyl groups is 1. The van der Waals surface area contributed by atoms with E-state index in [2.05, 4.69) is 0 Å². The molecular weight excluding hydrogens is 520 g/mol. The zero-order valence-electron chi connectivity index (χ0n) is 21.2. The van der Waals surface area contributed by atoms with Crippen LogP contribution in [0.4, 0.5) is 0 Å². The highest BCUT2D eigenvalue weighted by Gasteiger charge is 2.69. The largest absolute Gasteiger partial charge is 0.507 e. The maximum atomic E-state index is 13.9. The van der Waals surface area contributed by atoms with Gasteiger partial charge in [-0.3, -0.25) is 28.9 Å². The molecule has 4 N–H and O–H groups in total. The average molecular weight is 547 g/mol. The van der Waals surface area contributed by atoms with Gasteiger partial charge in [-0.2, -0.15) is 0 Å². The fourth-order valence-corrected chi connectivity index (χ4v) is 8.07. The quantitative estimate of drug-likeness (QED) is 0.420. The van der Waals surface area contributed by atoms with E-state index in [9.17, 15) is 34.2 Å². The molecule has 6 rings (SSSR count). The minimum absolute atomic E-state index is 0.00319. The van der Waals surface area contributed by atoms with Crippen molar-refractivity contribution in [2.45, 2.75) is 24.5 Å². The molecule has 2 unspecified atom stereocenters. The van der Waals surface area contributed by atoms with Crippen molar-refractivity contribution >= 4 is 50.5 Å². The van der Waals surface area contributed by atoms with Crippen LogP contribution >= 0.6 is 11.3 Å². The molecule has 0 spiro atoms. The Bertz CT molecular complexity index is 1590. The summed E-state index contributed by atoms with van der Waals surface area (Å²) in [5, 5.41) is 23.5. The number of primary amides is 1. The van der Waals surface area contributed by atoms with Crippen molar-refractivity contribution in [3.05, 3.63) is 53.6 Å². The normalized spacial score (nSPS) is 30.3. The number of amides is 1. The molecule has 39 heavy (non-hydrogen) atoms. The lowest BCUT2D eigenvalue weighted by atomic mass is 9.52. The maximum absolute atomic E-state index is 13.9. The molecule has 2 saturated carbocycles. The van der Waals surface area contributed by atoms with Crippen molar-refractivity contribution in [1.82, 2.24) is 4.90 Å². The molecule has 3 aromatic rings. The van der Waals surface area contributed by atoms with Crippen molar-refractivity contribution in [3.63, 3.8) is 0 Å². The number of likely N-dealkylation sites (N-methyl/N-ethyl adjacent to an activating group) is 1. The first-order valence-corrected chi connectivity index (χ1v) is 13.5. The van der Waals surface area contributed by atoms with Crippen LogP contribution in [0.15, 0.2) is 42.5 Å². The predicted octanol–water partition coefficient (Wildman–Crippen LogP) is 1.75. The van der Waals surface area contributed by atoms with E-state index >= 15 is 0 Å². The van der Waals surface area contributed by atoms with Gasteiger partial charge in [0.2, 0.25) is 5.91 Å². The number of nitrogens with two attached hydrogens (primary N) is 1. The topological polar surface area (TPSA) is 155 Å². The highest BCUT2D eigenvalue weighted by Crippen LogP contribution is 2.52. The highest BCUT2D eigenvalue weighted by atomic mass is 32.1. The molecule has 10 heteroatoms. The van der Waals surface area contributed by atoms with Gasteiger partial charge in [0, 0.05) is 15.5 Å². The van der Waals surface area contributed by atoms with E-state index in [1.54, 1.807) is 31.5 Å². The Morgan fingerprint density at radius 1 is 1.08 bits per heavy atom. The number of hydrogen-bond donors (Lipinski definition) is 3. The number of phenolic OH excluding ortho intramolecular Hbond substituents is 1. The van der Waals surface area contributed by atoms with Crippen LogP contribution in [0.3, 0.4) is 0 Å². The van der Waals surface area contributed by atoms with Crippen LogP contribution in [-0.2, 0) is 25.6 Å². The molecule has 9 nitrogen and oxygen atoms in total. The van der Waals surface area contributed by atoms with Crippen molar-refractivity contribution in [2.24, 2.45) is 29.4 Å². The summed E-state index contributed by atoms with van der Waals surface area (Å²) in [7, 11) is 3.12. The molecule has 0 bridgehead atoms.